The van der Waals surface area contributed by atoms with Gasteiger partial charge in [0.25, 0.3) is 5.91 Å². The van der Waals surface area contributed by atoms with E-state index in [1.807, 2.05) is 35.8 Å². The van der Waals surface area contributed by atoms with E-state index in [4.69, 9.17) is 4.74 Å². The Morgan fingerprint density at radius 3 is 2.83 bits per heavy atom. The molecule has 0 radical (unpaired) electrons. The number of carbonyl (C=O) groups excluding carboxylic acids is 1. The van der Waals surface area contributed by atoms with Gasteiger partial charge >= 0.3 is 6.18 Å². The third-order valence-corrected chi connectivity index (χ3v) is 5.01. The van der Waals surface area contributed by atoms with Crippen LogP contribution in [0.4, 0.5) is 19.1 Å². The second-order valence-electron chi connectivity index (χ2n) is 6.99. The summed E-state index contributed by atoms with van der Waals surface area (Å²) in [5.41, 5.74) is 2.04. The Kier molecular flexibility index (Phi) is 5.24. The summed E-state index contributed by atoms with van der Waals surface area (Å²) < 4.78 is 46.5. The molecule has 0 bridgehead atoms. The summed E-state index contributed by atoms with van der Waals surface area (Å²) in [5, 5.41) is 2.80. The van der Waals surface area contributed by atoms with Gasteiger partial charge in [0.2, 0.25) is 5.95 Å². The molecule has 0 spiro atoms. The largest absolute Gasteiger partial charge is 0.493 e. The van der Waals surface area contributed by atoms with Gasteiger partial charge in [0.15, 0.2) is 0 Å². The predicted octanol–water partition coefficient (Wildman–Crippen LogP) is 5.27. The topological polar surface area (TPSA) is 56.2 Å². The number of aromatic nitrogens is 2. The number of amides is 1. The number of rotatable bonds is 3. The summed E-state index contributed by atoms with van der Waals surface area (Å²) in [6, 6.07) is 10.9. The van der Waals surface area contributed by atoms with Crippen LogP contribution in [-0.4, -0.2) is 22.1 Å². The molecule has 1 N–H and O–H groups in total. The number of hydrogen-bond acceptors (Lipinski definition) is 3. The molecule has 1 aromatic heterocycles. The van der Waals surface area contributed by atoms with Crippen molar-refractivity contribution in [2.24, 2.45) is 0 Å². The van der Waals surface area contributed by atoms with Crippen molar-refractivity contribution >= 4 is 28.5 Å². The molecule has 2 heterocycles. The van der Waals surface area contributed by atoms with Gasteiger partial charge < -0.3 is 9.30 Å². The zero-order valence-electron chi connectivity index (χ0n) is 16.3. The molecule has 1 amide bonds. The van der Waals surface area contributed by atoms with E-state index in [0.29, 0.717) is 43.1 Å². The van der Waals surface area contributed by atoms with Gasteiger partial charge in [-0.15, -0.1) is 0 Å². The van der Waals surface area contributed by atoms with E-state index in [0.717, 1.165) is 23.2 Å². The van der Waals surface area contributed by atoms with Crippen LogP contribution in [0.3, 0.4) is 0 Å². The fourth-order valence-electron chi connectivity index (χ4n) is 3.61. The second kappa shape index (κ2) is 7.85. The van der Waals surface area contributed by atoms with Crippen molar-refractivity contribution < 1.29 is 22.7 Å². The maximum Gasteiger partial charge on any atom is 0.416 e. The predicted molar refractivity (Wildman–Crippen MR) is 108 cm³/mol. The summed E-state index contributed by atoms with van der Waals surface area (Å²) in [5.74, 6) is 0.183. The SMILES string of the molecule is CCn1c(NC(=O)/C=C2\CCCOc3cc(C(F)(F)F)ccc32)nc2ccccc21. The Bertz CT molecular complexity index is 1130. The van der Waals surface area contributed by atoms with Crippen molar-refractivity contribution in [1.29, 1.82) is 0 Å². The molecule has 0 saturated heterocycles. The first-order chi connectivity index (χ1) is 14.4. The highest BCUT2D eigenvalue weighted by atomic mass is 19.4. The van der Waals surface area contributed by atoms with Crippen LogP contribution in [0.25, 0.3) is 16.6 Å². The summed E-state index contributed by atoms with van der Waals surface area (Å²) in [6.45, 7) is 2.88. The summed E-state index contributed by atoms with van der Waals surface area (Å²) in [4.78, 5) is 17.2. The highest BCUT2D eigenvalue weighted by Gasteiger charge is 2.32. The Morgan fingerprint density at radius 2 is 2.07 bits per heavy atom. The van der Waals surface area contributed by atoms with Crippen LogP contribution in [0.1, 0.15) is 30.9 Å². The lowest BCUT2D eigenvalue weighted by atomic mass is 9.99. The lowest BCUT2D eigenvalue weighted by molar-refractivity contribution is -0.137. The molecular weight excluding hydrogens is 395 g/mol. The maximum atomic E-state index is 13.0. The van der Waals surface area contributed by atoms with Crippen molar-refractivity contribution in [3.8, 4) is 5.75 Å². The zero-order valence-corrected chi connectivity index (χ0v) is 16.3. The van der Waals surface area contributed by atoms with Gasteiger partial charge in [0.05, 0.1) is 23.2 Å². The first kappa shape index (κ1) is 20.0. The molecule has 0 aliphatic carbocycles. The minimum absolute atomic E-state index is 0.141. The number of imidazole rings is 1. The van der Waals surface area contributed by atoms with E-state index in [9.17, 15) is 18.0 Å². The molecule has 8 heteroatoms. The molecular formula is C22H20F3N3O2. The monoisotopic (exact) mass is 415 g/mol. The highest BCUT2D eigenvalue weighted by molar-refractivity contribution is 6.04. The van der Waals surface area contributed by atoms with Crippen LogP contribution < -0.4 is 10.1 Å². The van der Waals surface area contributed by atoms with Crippen molar-refractivity contribution in [1.82, 2.24) is 9.55 Å². The number of nitrogens with zero attached hydrogens (tertiary/aromatic N) is 2. The number of anilines is 1. The Labute approximate surface area is 171 Å². The Balaban J connectivity index is 1.65. The molecule has 156 valence electrons. The zero-order chi connectivity index (χ0) is 21.3. The first-order valence-corrected chi connectivity index (χ1v) is 9.68. The lowest BCUT2D eigenvalue weighted by Gasteiger charge is -2.13. The molecule has 0 atom stereocenters. The number of benzene rings is 2. The number of carbonyl (C=O) groups is 1. The molecule has 0 unspecified atom stereocenters. The van der Waals surface area contributed by atoms with Crippen molar-refractivity contribution in [3.05, 3.63) is 59.7 Å². The van der Waals surface area contributed by atoms with Gasteiger partial charge in [-0.2, -0.15) is 13.2 Å². The number of aryl methyl sites for hydroxylation is 1. The maximum absolute atomic E-state index is 13.0. The molecule has 0 fully saturated rings. The molecule has 5 nitrogen and oxygen atoms in total. The summed E-state index contributed by atoms with van der Waals surface area (Å²) in [7, 11) is 0. The number of hydrogen-bond donors (Lipinski definition) is 1. The van der Waals surface area contributed by atoms with Crippen molar-refractivity contribution in [3.63, 3.8) is 0 Å². The number of nitrogens with one attached hydrogen (secondary N) is 1. The molecule has 0 saturated carbocycles. The summed E-state index contributed by atoms with van der Waals surface area (Å²) >= 11 is 0. The summed E-state index contributed by atoms with van der Waals surface area (Å²) in [6.07, 6.45) is -1.91. The van der Waals surface area contributed by atoms with Crippen LogP contribution in [-0.2, 0) is 17.5 Å². The van der Waals surface area contributed by atoms with Crippen LogP contribution in [0.5, 0.6) is 5.75 Å². The number of fused-ring (bicyclic) bond motifs is 2. The van der Waals surface area contributed by atoms with Gasteiger partial charge in [0.1, 0.15) is 5.75 Å². The highest BCUT2D eigenvalue weighted by Crippen LogP contribution is 2.38. The van der Waals surface area contributed by atoms with E-state index in [1.165, 1.54) is 12.1 Å². The van der Waals surface area contributed by atoms with Gasteiger partial charge in [-0.25, -0.2) is 4.98 Å². The third-order valence-electron chi connectivity index (χ3n) is 5.01. The van der Waals surface area contributed by atoms with Gasteiger partial charge in [-0.1, -0.05) is 18.2 Å². The Hall–Kier alpha value is -3.29. The van der Waals surface area contributed by atoms with E-state index in [1.54, 1.807) is 0 Å². The van der Waals surface area contributed by atoms with Crippen LogP contribution in [0.15, 0.2) is 48.5 Å². The average molecular weight is 415 g/mol. The van der Waals surface area contributed by atoms with Crippen molar-refractivity contribution in [2.75, 3.05) is 11.9 Å². The van der Waals surface area contributed by atoms with Gasteiger partial charge in [-0.05, 0) is 49.6 Å². The number of para-hydroxylation sites is 2. The smallest absolute Gasteiger partial charge is 0.416 e. The third kappa shape index (κ3) is 3.90. The number of allylic oxidation sites excluding steroid dienone is 1. The average Bonchev–Trinajstić information content (AvgIpc) is 2.93. The van der Waals surface area contributed by atoms with Crippen LogP contribution >= 0.6 is 0 Å². The molecule has 2 aromatic carbocycles. The number of halogens is 3. The second-order valence-corrected chi connectivity index (χ2v) is 6.99. The van der Waals surface area contributed by atoms with Gasteiger partial charge in [-0.3, -0.25) is 10.1 Å². The van der Waals surface area contributed by atoms with Gasteiger partial charge in [0, 0.05) is 18.2 Å². The minimum atomic E-state index is -4.45. The van der Waals surface area contributed by atoms with Crippen molar-refractivity contribution in [2.45, 2.75) is 32.5 Å². The quantitative estimate of drug-likeness (QED) is 0.593. The first-order valence-electron chi connectivity index (χ1n) is 9.68. The van der Waals surface area contributed by atoms with E-state index < -0.39 is 11.7 Å². The van der Waals surface area contributed by atoms with E-state index in [-0.39, 0.29) is 11.7 Å². The molecule has 1 aliphatic heterocycles. The Morgan fingerprint density at radius 1 is 1.27 bits per heavy atom. The fraction of sp³-hybridized carbons (Fsp3) is 0.273. The molecule has 3 aromatic rings. The minimum Gasteiger partial charge on any atom is -0.493 e. The fourth-order valence-corrected chi connectivity index (χ4v) is 3.61. The number of alkyl halides is 3. The van der Waals surface area contributed by atoms with E-state index in [2.05, 4.69) is 10.3 Å². The number of ether oxygens (including phenoxy) is 1. The molecule has 30 heavy (non-hydrogen) atoms. The normalized spacial score (nSPS) is 15.5. The van der Waals surface area contributed by atoms with Crippen LogP contribution in [0, 0.1) is 0 Å². The van der Waals surface area contributed by atoms with Crippen LogP contribution in [0.2, 0.25) is 0 Å². The standard InChI is InChI=1S/C22H20F3N3O2/c1-2-28-18-8-4-3-7-17(18)26-21(28)27-20(29)12-14-6-5-11-30-19-13-15(22(23,24)25)9-10-16(14)19/h3-4,7-10,12-13H,2,5-6,11H2,1H3,(H,26,27,29)/b14-12+. The van der Waals surface area contributed by atoms with E-state index >= 15 is 0 Å². The molecule has 4 rings (SSSR count). The molecule has 1 aliphatic rings. The lowest BCUT2D eigenvalue weighted by Crippen LogP contribution is -2.13.